The van der Waals surface area contributed by atoms with Crippen molar-refractivity contribution in [2.45, 2.75) is 20.8 Å². The first kappa shape index (κ1) is 30.3. The minimum atomic E-state index is -4.64. The Hall–Kier alpha value is -0.883. The zero-order valence-corrected chi connectivity index (χ0v) is 11.2. The Labute approximate surface area is 116 Å². The summed E-state index contributed by atoms with van der Waals surface area (Å²) in [6.07, 6.45) is 0. The Kier molecular flexibility index (Phi) is 31.1. The summed E-state index contributed by atoms with van der Waals surface area (Å²) < 4.78 is 8.88. The van der Waals surface area contributed by atoms with Gasteiger partial charge in [0.25, 0.3) is 17.9 Å². The molecule has 18 heavy (non-hydrogen) atoms. The summed E-state index contributed by atoms with van der Waals surface area (Å²) in [6.45, 7) is 3.25. The number of rotatable bonds is 0. The zero-order chi connectivity index (χ0) is 15.2. The summed E-state index contributed by atoms with van der Waals surface area (Å²) in [5, 5.41) is 22.2. The molecule has 0 heterocycles. The molecule has 0 fully saturated rings. The number of phosphoric acid groups is 1. The molecular weight excluding hydrogens is 270 g/mol. The van der Waals surface area contributed by atoms with E-state index < -0.39 is 25.7 Å². The van der Waals surface area contributed by atoms with Gasteiger partial charge in [-0.3, -0.25) is 14.4 Å². The normalized spacial score (nSPS) is 7.44. The molecule has 0 rings (SSSR count). The fourth-order valence-corrected chi connectivity index (χ4v) is 0. The molecule has 0 aromatic carbocycles. The summed E-state index contributed by atoms with van der Waals surface area (Å²) >= 11 is 0. The van der Waals surface area contributed by atoms with E-state index in [2.05, 4.69) is 0 Å². The second-order valence-electron chi connectivity index (χ2n) is 2.07. The maximum absolute atomic E-state index is 9.00. The number of hydrogen-bond acceptors (Lipinski definition) is 4. The number of hydrogen-bond donors (Lipinski definition) is 6. The van der Waals surface area contributed by atoms with Crippen LogP contribution in [0.25, 0.3) is 0 Å². The van der Waals surface area contributed by atoms with Crippen LogP contribution in [0, 0.1) is 0 Å². The van der Waals surface area contributed by atoms with Gasteiger partial charge in [-0.2, -0.15) is 0 Å². The van der Waals surface area contributed by atoms with Crippen LogP contribution >= 0.6 is 7.82 Å². The van der Waals surface area contributed by atoms with Crippen molar-refractivity contribution in [1.29, 1.82) is 0 Å². The molecule has 0 saturated carbocycles. The molecule has 0 saturated heterocycles. The summed E-state index contributed by atoms with van der Waals surface area (Å²) in [4.78, 5) is 48.6. The van der Waals surface area contributed by atoms with Crippen LogP contribution in [-0.4, -0.2) is 47.9 Å². The molecule has 6 N–H and O–H groups in total. The van der Waals surface area contributed by atoms with Crippen molar-refractivity contribution in [2.24, 2.45) is 0 Å². The van der Waals surface area contributed by atoms with Gasteiger partial charge in [-0.25, -0.2) is 4.57 Å². The van der Waals surface area contributed by atoms with Gasteiger partial charge < -0.3 is 31.4 Å². The van der Waals surface area contributed by atoms with Gasteiger partial charge >= 0.3 is 26.7 Å². The van der Waals surface area contributed by atoms with Crippen molar-refractivity contribution in [3.8, 4) is 0 Å². The SMILES string of the molecule is CC(=O)O.CC(=O)O.CC(=O)O.O=P(O)(O)O.[H-].[Li+]. The van der Waals surface area contributed by atoms with Crippen molar-refractivity contribution >= 4 is 25.7 Å². The van der Waals surface area contributed by atoms with E-state index >= 15 is 0 Å². The molecule has 10 nitrogen and oxygen atoms in total. The van der Waals surface area contributed by atoms with Crippen molar-refractivity contribution < 1.29 is 69.2 Å². The average Bonchev–Trinajstić information content (AvgIpc) is 1.73. The number of carbonyl (C=O) groups is 3. The molecule has 0 radical (unpaired) electrons. The maximum Gasteiger partial charge on any atom is 1.00 e. The van der Waals surface area contributed by atoms with Crippen LogP contribution in [-0.2, 0) is 18.9 Å². The monoisotopic (exact) mass is 286 g/mol. The zero-order valence-electron chi connectivity index (χ0n) is 11.3. The van der Waals surface area contributed by atoms with Gasteiger partial charge in [0.2, 0.25) is 0 Å². The molecule has 0 amide bonds. The van der Waals surface area contributed by atoms with Crippen LogP contribution in [0.15, 0.2) is 0 Å². The molecule has 106 valence electrons. The first-order valence-electron chi connectivity index (χ1n) is 3.57. The van der Waals surface area contributed by atoms with E-state index in [-0.39, 0.29) is 20.3 Å². The molecule has 0 aliphatic rings. The summed E-state index contributed by atoms with van der Waals surface area (Å²) in [5.41, 5.74) is 0. The summed E-state index contributed by atoms with van der Waals surface area (Å²) in [5.74, 6) is -2.50. The van der Waals surface area contributed by atoms with Crippen molar-refractivity contribution in [3.05, 3.63) is 0 Å². The Bertz CT molecular complexity index is 228. The van der Waals surface area contributed by atoms with Crippen molar-refractivity contribution in [3.63, 3.8) is 0 Å². The third kappa shape index (κ3) is 3870. The number of carboxylic acid groups (broad SMARTS) is 3. The third-order valence-electron chi connectivity index (χ3n) is 0. The van der Waals surface area contributed by atoms with Gasteiger partial charge in [0.05, 0.1) is 0 Å². The topological polar surface area (TPSA) is 190 Å². The first-order valence-corrected chi connectivity index (χ1v) is 5.13. The Balaban J connectivity index is -0.0000000288. The van der Waals surface area contributed by atoms with Crippen LogP contribution in [0.2, 0.25) is 0 Å². The molecule has 0 spiro atoms. The molecule has 0 bridgehead atoms. The molecule has 0 atom stereocenters. The molecule has 0 aliphatic heterocycles. The minimum absolute atomic E-state index is 0. The summed E-state index contributed by atoms with van der Waals surface area (Å²) in [6, 6.07) is 0. The summed E-state index contributed by atoms with van der Waals surface area (Å²) in [7, 11) is -4.64. The van der Waals surface area contributed by atoms with E-state index in [4.69, 9.17) is 48.9 Å². The van der Waals surface area contributed by atoms with Gasteiger partial charge in [0, 0.05) is 20.8 Å². The second-order valence-corrected chi connectivity index (χ2v) is 3.10. The standard InChI is InChI=1S/3C2H4O2.Li.H3O4P.H/c3*1-2(3)4;;1-5(2,3)4;/h3*1H3,(H,3,4);;(H3,1,2,3,4);/q;;;+1;;-1. The quantitative estimate of drug-likeness (QED) is 0.192. The third-order valence-corrected chi connectivity index (χ3v) is 0. The van der Waals surface area contributed by atoms with Crippen molar-refractivity contribution in [1.82, 2.24) is 0 Å². The molecule has 0 aliphatic carbocycles. The predicted octanol–water partition coefficient (Wildman–Crippen LogP) is -3.54. The van der Waals surface area contributed by atoms with E-state index in [9.17, 15) is 0 Å². The van der Waals surface area contributed by atoms with Crippen molar-refractivity contribution in [2.75, 3.05) is 0 Å². The van der Waals surface area contributed by atoms with Crippen LogP contribution in [0.3, 0.4) is 0 Å². The van der Waals surface area contributed by atoms with Gasteiger partial charge in [0.15, 0.2) is 0 Å². The van der Waals surface area contributed by atoms with E-state index in [1.54, 1.807) is 0 Å². The van der Waals surface area contributed by atoms with Gasteiger partial charge in [-0.15, -0.1) is 0 Å². The van der Waals surface area contributed by atoms with E-state index in [0.29, 0.717) is 0 Å². The number of aliphatic carboxylic acids is 3. The van der Waals surface area contributed by atoms with Crippen LogP contribution in [0.1, 0.15) is 22.2 Å². The Morgan fingerprint density at radius 1 is 0.778 bits per heavy atom. The second kappa shape index (κ2) is 18.5. The van der Waals surface area contributed by atoms with Crippen LogP contribution in [0.4, 0.5) is 0 Å². The fourth-order valence-electron chi connectivity index (χ4n) is 0. The van der Waals surface area contributed by atoms with Gasteiger partial charge in [0.1, 0.15) is 0 Å². The Morgan fingerprint density at radius 2 is 0.778 bits per heavy atom. The smallest absolute Gasteiger partial charge is 1.00 e. The van der Waals surface area contributed by atoms with Gasteiger partial charge in [-0.1, -0.05) is 0 Å². The molecule has 12 heteroatoms. The van der Waals surface area contributed by atoms with Crippen LogP contribution in [0.5, 0.6) is 0 Å². The van der Waals surface area contributed by atoms with E-state index in [1.165, 1.54) is 0 Å². The predicted molar refractivity (Wildman–Crippen MR) is 55.3 cm³/mol. The Morgan fingerprint density at radius 3 is 0.778 bits per heavy atom. The largest absolute Gasteiger partial charge is 1.00 e. The van der Waals surface area contributed by atoms with Gasteiger partial charge in [-0.05, 0) is 0 Å². The fraction of sp³-hybridized carbons (Fsp3) is 0.500. The van der Waals surface area contributed by atoms with E-state index in [0.717, 1.165) is 20.8 Å². The molecule has 0 unspecified atom stereocenters. The molecule has 0 aromatic heterocycles. The average molecular weight is 286 g/mol. The molecule has 0 aromatic rings. The molecular formula is C6H16LiO10P. The minimum Gasteiger partial charge on any atom is -1.00 e. The van der Waals surface area contributed by atoms with E-state index in [1.807, 2.05) is 0 Å². The maximum atomic E-state index is 9.00. The number of carboxylic acids is 3. The first-order chi connectivity index (χ1) is 7.20. The van der Waals surface area contributed by atoms with Crippen LogP contribution < -0.4 is 18.9 Å².